The Morgan fingerprint density at radius 1 is 0.762 bits per heavy atom. The topological polar surface area (TPSA) is 9.23 Å². The molecule has 0 amide bonds. The Kier molecular flexibility index (Phi) is 7.03. The predicted molar refractivity (Wildman–Crippen MR) is 97.1 cm³/mol. The second-order valence-electron chi connectivity index (χ2n) is 4.52. The highest BCUT2D eigenvalue weighted by Crippen LogP contribution is 2.32. The van der Waals surface area contributed by atoms with Crippen molar-refractivity contribution in [3.63, 3.8) is 0 Å². The summed E-state index contributed by atoms with van der Waals surface area (Å²) in [6.07, 6.45) is 0. The van der Waals surface area contributed by atoms with Crippen LogP contribution in [0.25, 0.3) is 0 Å². The molecule has 2 rings (SSSR count). The van der Waals surface area contributed by atoms with Crippen LogP contribution in [0.2, 0.25) is 10.0 Å². The van der Waals surface area contributed by atoms with Crippen molar-refractivity contribution in [1.29, 1.82) is 0 Å². The van der Waals surface area contributed by atoms with Crippen LogP contribution in [0, 0.1) is 0 Å². The third-order valence-corrected chi connectivity index (χ3v) is 5.22. The lowest BCUT2D eigenvalue weighted by molar-refractivity contribution is 0.139. The molecular formula is C16H14Br2Cl2O. The molecule has 2 atom stereocenters. The lowest BCUT2D eigenvalue weighted by Gasteiger charge is -2.15. The fraction of sp³-hybridized carbons (Fsp3) is 0.250. The van der Waals surface area contributed by atoms with Crippen molar-refractivity contribution in [2.45, 2.75) is 9.65 Å². The van der Waals surface area contributed by atoms with Gasteiger partial charge in [-0.15, -0.1) is 0 Å². The highest BCUT2D eigenvalue weighted by atomic mass is 79.9. The van der Waals surface area contributed by atoms with E-state index in [-0.39, 0.29) is 9.65 Å². The van der Waals surface area contributed by atoms with E-state index in [9.17, 15) is 0 Å². The number of rotatable bonds is 6. The molecule has 0 radical (unpaired) electrons. The van der Waals surface area contributed by atoms with Crippen molar-refractivity contribution in [3.05, 3.63) is 69.7 Å². The lowest BCUT2D eigenvalue weighted by atomic mass is 10.1. The molecule has 21 heavy (non-hydrogen) atoms. The molecule has 2 unspecified atom stereocenters. The number of hydrogen-bond donors (Lipinski definition) is 0. The molecule has 5 heteroatoms. The van der Waals surface area contributed by atoms with E-state index < -0.39 is 0 Å². The maximum Gasteiger partial charge on any atom is 0.0643 e. The Morgan fingerprint density at radius 2 is 1.14 bits per heavy atom. The molecule has 0 saturated heterocycles. The lowest BCUT2D eigenvalue weighted by Crippen LogP contribution is -2.07. The van der Waals surface area contributed by atoms with Crippen LogP contribution in [0.5, 0.6) is 0 Å². The summed E-state index contributed by atoms with van der Waals surface area (Å²) >= 11 is 19.5. The molecule has 1 nitrogen and oxygen atoms in total. The Labute approximate surface area is 151 Å². The van der Waals surface area contributed by atoms with Gasteiger partial charge in [-0.1, -0.05) is 91.5 Å². The Hall–Kier alpha value is -0.0600. The van der Waals surface area contributed by atoms with E-state index >= 15 is 0 Å². The third-order valence-electron chi connectivity index (χ3n) is 3.01. The van der Waals surface area contributed by atoms with E-state index in [0.29, 0.717) is 13.2 Å². The van der Waals surface area contributed by atoms with Crippen LogP contribution in [-0.2, 0) is 4.74 Å². The van der Waals surface area contributed by atoms with Gasteiger partial charge < -0.3 is 4.74 Å². The minimum atomic E-state index is 0.0668. The van der Waals surface area contributed by atoms with Crippen molar-refractivity contribution in [2.24, 2.45) is 0 Å². The largest absolute Gasteiger partial charge is 0.378 e. The first-order chi connectivity index (χ1) is 10.1. The molecule has 112 valence electrons. The van der Waals surface area contributed by atoms with Gasteiger partial charge in [0.05, 0.1) is 22.9 Å². The van der Waals surface area contributed by atoms with Crippen LogP contribution >= 0.6 is 55.1 Å². The van der Waals surface area contributed by atoms with Gasteiger partial charge in [-0.3, -0.25) is 0 Å². The molecule has 0 saturated carbocycles. The van der Waals surface area contributed by atoms with Crippen molar-refractivity contribution in [2.75, 3.05) is 13.2 Å². The molecule has 0 fully saturated rings. The first-order valence-electron chi connectivity index (χ1n) is 6.44. The second kappa shape index (κ2) is 8.54. The summed E-state index contributed by atoms with van der Waals surface area (Å²) in [5.41, 5.74) is 2.06. The average Bonchev–Trinajstić information content (AvgIpc) is 2.48. The number of hydrogen-bond acceptors (Lipinski definition) is 1. The SMILES string of the molecule is Clc1ccccc1C(Br)COCC(Br)c1ccccc1Cl. The third kappa shape index (κ3) is 4.97. The van der Waals surface area contributed by atoms with Crippen molar-refractivity contribution in [1.82, 2.24) is 0 Å². The zero-order valence-electron chi connectivity index (χ0n) is 11.1. The Morgan fingerprint density at radius 3 is 1.52 bits per heavy atom. The molecule has 2 aromatic rings. The first kappa shape index (κ1) is 17.3. The van der Waals surface area contributed by atoms with Gasteiger partial charge in [-0.05, 0) is 23.3 Å². The molecule has 2 aromatic carbocycles. The van der Waals surface area contributed by atoms with Crippen molar-refractivity contribution < 1.29 is 4.74 Å². The minimum Gasteiger partial charge on any atom is -0.378 e. The van der Waals surface area contributed by atoms with E-state index in [1.807, 2.05) is 48.5 Å². The normalized spacial score (nSPS) is 13.9. The quantitative estimate of drug-likeness (QED) is 0.449. The maximum atomic E-state index is 6.16. The van der Waals surface area contributed by atoms with E-state index in [4.69, 9.17) is 27.9 Å². The van der Waals surface area contributed by atoms with Crippen LogP contribution < -0.4 is 0 Å². The molecule has 0 aliphatic carbocycles. The summed E-state index contributed by atoms with van der Waals surface area (Å²) in [4.78, 5) is 0.134. The van der Waals surface area contributed by atoms with E-state index in [1.54, 1.807) is 0 Å². The zero-order valence-corrected chi connectivity index (χ0v) is 15.8. The summed E-state index contributed by atoms with van der Waals surface area (Å²) < 4.78 is 5.77. The molecule has 0 aliphatic heterocycles. The standard InChI is InChI=1S/C16H14Br2Cl2O/c17-13(11-5-1-3-7-15(11)19)9-21-10-14(18)12-6-2-4-8-16(12)20/h1-8,13-14H,9-10H2. The highest BCUT2D eigenvalue weighted by Gasteiger charge is 2.14. The van der Waals surface area contributed by atoms with E-state index in [2.05, 4.69) is 31.9 Å². The van der Waals surface area contributed by atoms with Crippen molar-refractivity contribution in [3.8, 4) is 0 Å². The van der Waals surface area contributed by atoms with E-state index in [0.717, 1.165) is 21.2 Å². The summed E-state index contributed by atoms with van der Waals surface area (Å²) in [6.45, 7) is 1.08. The van der Waals surface area contributed by atoms with Crippen LogP contribution in [0.15, 0.2) is 48.5 Å². The average molecular weight is 453 g/mol. The van der Waals surface area contributed by atoms with Gasteiger partial charge in [-0.2, -0.15) is 0 Å². The summed E-state index contributed by atoms with van der Waals surface area (Å²) in [5.74, 6) is 0. The first-order valence-corrected chi connectivity index (χ1v) is 9.03. The fourth-order valence-corrected chi connectivity index (χ4v) is 3.88. The molecule has 0 heterocycles. The van der Waals surface area contributed by atoms with Gasteiger partial charge in [0.1, 0.15) is 0 Å². The molecule has 0 aromatic heterocycles. The predicted octanol–water partition coefficient (Wildman–Crippen LogP) is 6.58. The summed E-state index contributed by atoms with van der Waals surface area (Å²) in [5, 5.41) is 1.48. The molecule has 0 spiro atoms. The molecule has 0 bridgehead atoms. The zero-order chi connectivity index (χ0) is 15.2. The molecule has 0 aliphatic rings. The Bertz CT molecular complexity index is 540. The van der Waals surface area contributed by atoms with Crippen molar-refractivity contribution >= 4 is 55.1 Å². The smallest absolute Gasteiger partial charge is 0.0643 e. The van der Waals surface area contributed by atoms with Gasteiger partial charge in [0.2, 0.25) is 0 Å². The van der Waals surface area contributed by atoms with Crippen LogP contribution in [0.4, 0.5) is 0 Å². The summed E-state index contributed by atoms with van der Waals surface area (Å²) in [6, 6.07) is 15.5. The van der Waals surface area contributed by atoms with Crippen LogP contribution in [-0.4, -0.2) is 13.2 Å². The van der Waals surface area contributed by atoms with Crippen LogP contribution in [0.1, 0.15) is 20.8 Å². The highest BCUT2D eigenvalue weighted by molar-refractivity contribution is 9.09. The number of halogens is 4. The number of benzene rings is 2. The van der Waals surface area contributed by atoms with Gasteiger partial charge in [0.15, 0.2) is 0 Å². The monoisotopic (exact) mass is 450 g/mol. The van der Waals surface area contributed by atoms with Gasteiger partial charge in [0, 0.05) is 10.0 Å². The number of alkyl halides is 2. The molecular weight excluding hydrogens is 439 g/mol. The van der Waals surface area contributed by atoms with Gasteiger partial charge in [-0.25, -0.2) is 0 Å². The van der Waals surface area contributed by atoms with Gasteiger partial charge >= 0.3 is 0 Å². The fourth-order valence-electron chi connectivity index (χ4n) is 1.91. The summed E-state index contributed by atoms with van der Waals surface area (Å²) in [7, 11) is 0. The molecule has 0 N–H and O–H groups in total. The minimum absolute atomic E-state index is 0.0668. The van der Waals surface area contributed by atoms with Gasteiger partial charge in [0.25, 0.3) is 0 Å². The van der Waals surface area contributed by atoms with E-state index in [1.165, 1.54) is 0 Å². The van der Waals surface area contributed by atoms with Crippen LogP contribution in [0.3, 0.4) is 0 Å². The second-order valence-corrected chi connectivity index (χ2v) is 7.54. The maximum absolute atomic E-state index is 6.16. The number of ether oxygens (including phenoxy) is 1. The Balaban J connectivity index is 1.87.